The summed E-state index contributed by atoms with van der Waals surface area (Å²) in [5.74, 6) is -0.202. The van der Waals surface area contributed by atoms with E-state index in [-0.39, 0.29) is 23.4 Å². The number of nitro groups is 1. The Kier molecular flexibility index (Phi) is 3.78. The van der Waals surface area contributed by atoms with Crippen molar-refractivity contribution >= 4 is 22.5 Å². The normalized spacial score (nSPS) is 10.2. The lowest BCUT2D eigenvalue weighted by Crippen LogP contribution is -2.10. The van der Waals surface area contributed by atoms with Gasteiger partial charge in [-0.25, -0.2) is 4.98 Å². The highest BCUT2D eigenvalue weighted by Crippen LogP contribution is 2.25. The Morgan fingerprint density at radius 3 is 2.62 bits per heavy atom. The summed E-state index contributed by atoms with van der Waals surface area (Å²) in [6.07, 6.45) is -0.285. The Morgan fingerprint density at radius 1 is 1.56 bits per heavy atom. The number of pyridine rings is 1. The van der Waals surface area contributed by atoms with Gasteiger partial charge in [0.1, 0.15) is 5.69 Å². The molecule has 0 fully saturated rings. The molecule has 0 spiro atoms. The van der Waals surface area contributed by atoms with Crippen LogP contribution in [-0.4, -0.2) is 21.3 Å². The van der Waals surface area contributed by atoms with Gasteiger partial charge >= 0.3 is 5.69 Å². The van der Waals surface area contributed by atoms with Gasteiger partial charge in [0, 0.05) is 6.07 Å². The van der Waals surface area contributed by atoms with Crippen LogP contribution in [0.3, 0.4) is 0 Å². The third-order valence-corrected chi connectivity index (χ3v) is 1.78. The van der Waals surface area contributed by atoms with Crippen molar-refractivity contribution in [3.8, 4) is 5.88 Å². The first-order chi connectivity index (χ1) is 7.41. The molecule has 7 heteroatoms. The van der Waals surface area contributed by atoms with Gasteiger partial charge in [-0.2, -0.15) is 0 Å². The molecule has 1 aromatic rings. The lowest BCUT2D eigenvalue weighted by atomic mass is 10.3. The summed E-state index contributed by atoms with van der Waals surface area (Å²) >= 11 is 5.22. The van der Waals surface area contributed by atoms with Gasteiger partial charge in [-0.15, -0.1) is 0 Å². The van der Waals surface area contributed by atoms with Crippen LogP contribution < -0.4 is 4.74 Å². The molecule has 0 radical (unpaired) electrons. The second kappa shape index (κ2) is 4.89. The van der Waals surface area contributed by atoms with Gasteiger partial charge in [-0.1, -0.05) is 0 Å². The number of carbonyl (C=O) groups is 1. The van der Waals surface area contributed by atoms with Crippen LogP contribution in [0.25, 0.3) is 0 Å². The number of ether oxygens (including phenoxy) is 1. The van der Waals surface area contributed by atoms with Crippen LogP contribution in [0.1, 0.15) is 24.3 Å². The van der Waals surface area contributed by atoms with Gasteiger partial charge in [0.15, 0.2) is 0 Å². The standard InChI is InChI=1S/C9H9ClN2O4/c1-5(2)16-9-7(12(14)15)4-3-6(11-9)8(10)13/h3-5H,1-2H3. The SMILES string of the molecule is CC(C)Oc1nc(C(=O)Cl)ccc1[N+](=O)[O-]. The van der Waals surface area contributed by atoms with Crippen LogP contribution in [0.5, 0.6) is 5.88 Å². The van der Waals surface area contributed by atoms with Crippen molar-refractivity contribution in [2.75, 3.05) is 0 Å². The molecule has 0 aliphatic heterocycles. The highest BCUT2D eigenvalue weighted by molar-refractivity contribution is 6.67. The fourth-order valence-corrected chi connectivity index (χ4v) is 1.10. The van der Waals surface area contributed by atoms with E-state index < -0.39 is 10.2 Å². The van der Waals surface area contributed by atoms with Crippen LogP contribution in [0.2, 0.25) is 0 Å². The molecule has 0 aliphatic rings. The summed E-state index contributed by atoms with van der Waals surface area (Å²) in [5, 5.41) is 9.86. The van der Waals surface area contributed by atoms with E-state index in [0.29, 0.717) is 0 Å². The second-order valence-electron chi connectivity index (χ2n) is 3.22. The summed E-state index contributed by atoms with van der Waals surface area (Å²) in [6, 6.07) is 2.32. The van der Waals surface area contributed by atoms with Crippen molar-refractivity contribution in [3.05, 3.63) is 27.9 Å². The predicted molar refractivity (Wildman–Crippen MR) is 56.8 cm³/mol. The van der Waals surface area contributed by atoms with Crippen molar-refractivity contribution in [1.82, 2.24) is 4.98 Å². The van der Waals surface area contributed by atoms with Crippen LogP contribution in [-0.2, 0) is 0 Å². The zero-order valence-electron chi connectivity index (χ0n) is 8.64. The molecule has 0 unspecified atom stereocenters. The molecule has 0 bridgehead atoms. The Morgan fingerprint density at radius 2 is 2.19 bits per heavy atom. The van der Waals surface area contributed by atoms with Crippen LogP contribution >= 0.6 is 11.6 Å². The molecule has 0 amide bonds. The fraction of sp³-hybridized carbons (Fsp3) is 0.333. The Bertz CT molecular complexity index is 434. The average molecular weight is 245 g/mol. The third kappa shape index (κ3) is 2.90. The van der Waals surface area contributed by atoms with Crippen molar-refractivity contribution in [2.45, 2.75) is 20.0 Å². The highest BCUT2D eigenvalue weighted by Gasteiger charge is 2.20. The van der Waals surface area contributed by atoms with Gasteiger partial charge in [-0.05, 0) is 31.5 Å². The van der Waals surface area contributed by atoms with E-state index in [9.17, 15) is 14.9 Å². The van der Waals surface area contributed by atoms with Crippen molar-refractivity contribution < 1.29 is 14.5 Å². The molecule has 1 rings (SSSR count). The maximum atomic E-state index is 10.8. The van der Waals surface area contributed by atoms with Crippen molar-refractivity contribution in [3.63, 3.8) is 0 Å². The van der Waals surface area contributed by atoms with Gasteiger partial charge in [-0.3, -0.25) is 14.9 Å². The Balaban J connectivity index is 3.21. The quantitative estimate of drug-likeness (QED) is 0.460. The summed E-state index contributed by atoms with van der Waals surface area (Å²) in [7, 11) is 0. The smallest absolute Gasteiger partial charge is 0.331 e. The molecule has 16 heavy (non-hydrogen) atoms. The van der Waals surface area contributed by atoms with Gasteiger partial charge in [0.05, 0.1) is 11.0 Å². The summed E-state index contributed by atoms with van der Waals surface area (Å²) in [5.41, 5.74) is -0.377. The molecule has 0 atom stereocenters. The number of aromatic nitrogens is 1. The molecule has 0 saturated carbocycles. The number of nitrogens with zero attached hydrogens (tertiary/aromatic N) is 2. The highest BCUT2D eigenvalue weighted by atomic mass is 35.5. The Labute approximate surface area is 96.3 Å². The van der Waals surface area contributed by atoms with Crippen LogP contribution in [0.4, 0.5) is 5.69 Å². The molecule has 0 aromatic carbocycles. The number of rotatable bonds is 4. The summed E-state index contributed by atoms with van der Waals surface area (Å²) in [6.45, 7) is 3.39. The molecule has 1 aromatic heterocycles. The van der Waals surface area contributed by atoms with Gasteiger partial charge in [0.25, 0.3) is 11.1 Å². The van der Waals surface area contributed by atoms with E-state index in [0.717, 1.165) is 6.07 Å². The minimum atomic E-state index is -0.788. The minimum Gasteiger partial charge on any atom is -0.470 e. The minimum absolute atomic E-state index is 0.0806. The number of carbonyl (C=O) groups excluding carboxylic acids is 1. The number of halogens is 1. The number of hydrogen-bond donors (Lipinski definition) is 0. The molecule has 6 nitrogen and oxygen atoms in total. The molecule has 0 aliphatic carbocycles. The van der Waals surface area contributed by atoms with E-state index in [1.54, 1.807) is 13.8 Å². The average Bonchev–Trinajstić information content (AvgIpc) is 2.15. The first kappa shape index (κ1) is 12.4. The van der Waals surface area contributed by atoms with E-state index >= 15 is 0 Å². The maximum Gasteiger partial charge on any atom is 0.331 e. The Hall–Kier alpha value is -1.69. The zero-order chi connectivity index (χ0) is 12.3. The van der Waals surface area contributed by atoms with Crippen molar-refractivity contribution in [1.29, 1.82) is 0 Å². The number of hydrogen-bond acceptors (Lipinski definition) is 5. The van der Waals surface area contributed by atoms with E-state index in [1.807, 2.05) is 0 Å². The zero-order valence-corrected chi connectivity index (χ0v) is 9.39. The predicted octanol–water partition coefficient (Wildman–Crippen LogP) is 2.16. The van der Waals surface area contributed by atoms with Crippen LogP contribution in [0.15, 0.2) is 12.1 Å². The fourth-order valence-electron chi connectivity index (χ4n) is 0.992. The molecule has 1 heterocycles. The van der Waals surface area contributed by atoms with Gasteiger partial charge < -0.3 is 4.74 Å². The van der Waals surface area contributed by atoms with E-state index in [4.69, 9.17) is 16.3 Å². The lowest BCUT2D eigenvalue weighted by molar-refractivity contribution is -0.386. The topological polar surface area (TPSA) is 82.3 Å². The monoisotopic (exact) mass is 244 g/mol. The molecular formula is C9H9ClN2O4. The maximum absolute atomic E-state index is 10.8. The summed E-state index contributed by atoms with van der Waals surface area (Å²) < 4.78 is 5.13. The van der Waals surface area contributed by atoms with E-state index in [2.05, 4.69) is 4.98 Å². The largest absolute Gasteiger partial charge is 0.470 e. The second-order valence-corrected chi connectivity index (χ2v) is 3.56. The first-order valence-corrected chi connectivity index (χ1v) is 4.81. The summed E-state index contributed by atoms with van der Waals surface area (Å²) in [4.78, 5) is 24.6. The third-order valence-electron chi connectivity index (χ3n) is 1.59. The molecule has 0 N–H and O–H groups in total. The van der Waals surface area contributed by atoms with Crippen LogP contribution in [0, 0.1) is 10.1 Å². The first-order valence-electron chi connectivity index (χ1n) is 4.43. The molecule has 86 valence electrons. The van der Waals surface area contributed by atoms with Crippen molar-refractivity contribution in [2.24, 2.45) is 0 Å². The van der Waals surface area contributed by atoms with Gasteiger partial charge in [0.2, 0.25) is 0 Å². The van der Waals surface area contributed by atoms with E-state index in [1.165, 1.54) is 6.07 Å². The molecule has 0 saturated heterocycles. The molecular weight excluding hydrogens is 236 g/mol. The lowest BCUT2D eigenvalue weighted by Gasteiger charge is -2.08.